The summed E-state index contributed by atoms with van der Waals surface area (Å²) < 4.78 is 0.968. The van der Waals surface area contributed by atoms with Gasteiger partial charge in [0.05, 0.1) is 0 Å². The number of rotatable bonds is 7. The third-order valence-electron chi connectivity index (χ3n) is 2.54. The largest absolute Gasteiger partial charge is 0.326 e. The Hall–Kier alpha value is -0.870. The molecule has 0 saturated heterocycles. The van der Waals surface area contributed by atoms with Gasteiger partial charge in [-0.25, -0.2) is 0 Å². The van der Waals surface area contributed by atoms with Gasteiger partial charge < -0.3 is 10.6 Å². The van der Waals surface area contributed by atoms with Gasteiger partial charge in [0.15, 0.2) is 0 Å². The smallest absolute Gasteiger partial charge is 0.225 e. The van der Waals surface area contributed by atoms with Crippen molar-refractivity contribution in [2.45, 2.75) is 26.7 Å². The fraction of sp³-hybridized carbons (Fsp3) is 0.500. The lowest BCUT2D eigenvalue weighted by atomic mass is 10.1. The van der Waals surface area contributed by atoms with Crippen LogP contribution in [0.5, 0.6) is 0 Å². The quantitative estimate of drug-likeness (QED) is 0.757. The zero-order valence-electron chi connectivity index (χ0n) is 11.0. The van der Waals surface area contributed by atoms with Crippen molar-refractivity contribution in [2.24, 2.45) is 5.92 Å². The minimum atomic E-state index is 0.0464. The Labute approximate surface area is 117 Å². The Morgan fingerprint density at radius 1 is 1.33 bits per heavy atom. The van der Waals surface area contributed by atoms with Gasteiger partial charge in [0, 0.05) is 23.1 Å². The lowest BCUT2D eigenvalue weighted by molar-refractivity contribution is -0.116. The van der Waals surface area contributed by atoms with E-state index in [4.69, 9.17) is 0 Å². The van der Waals surface area contributed by atoms with Gasteiger partial charge in [0.25, 0.3) is 0 Å². The standard InChI is InChI=1S/C14H21BrN2O/c1-11(2)6-8-16-9-7-14(18)17-13-5-3-4-12(15)10-13/h3-5,10-11,16H,6-9H2,1-2H3,(H,17,18). The molecule has 0 aliphatic rings. The molecular formula is C14H21BrN2O. The summed E-state index contributed by atoms with van der Waals surface area (Å²) in [6.07, 6.45) is 1.65. The van der Waals surface area contributed by atoms with Gasteiger partial charge in [0.1, 0.15) is 0 Å². The molecule has 1 amide bonds. The van der Waals surface area contributed by atoms with E-state index in [2.05, 4.69) is 40.4 Å². The van der Waals surface area contributed by atoms with Gasteiger partial charge in [-0.1, -0.05) is 35.8 Å². The maximum Gasteiger partial charge on any atom is 0.225 e. The van der Waals surface area contributed by atoms with E-state index in [9.17, 15) is 4.79 Å². The van der Waals surface area contributed by atoms with E-state index in [0.717, 1.165) is 29.7 Å². The zero-order chi connectivity index (χ0) is 13.4. The van der Waals surface area contributed by atoms with Gasteiger partial charge in [-0.3, -0.25) is 4.79 Å². The molecule has 1 aromatic carbocycles. The molecule has 0 fully saturated rings. The van der Waals surface area contributed by atoms with Crippen LogP contribution in [0.3, 0.4) is 0 Å². The summed E-state index contributed by atoms with van der Waals surface area (Å²) in [6.45, 7) is 6.09. The predicted molar refractivity (Wildman–Crippen MR) is 79.7 cm³/mol. The van der Waals surface area contributed by atoms with Crippen molar-refractivity contribution in [3.05, 3.63) is 28.7 Å². The number of hydrogen-bond acceptors (Lipinski definition) is 2. The van der Waals surface area contributed by atoms with Gasteiger partial charge in [-0.2, -0.15) is 0 Å². The second-order valence-electron chi connectivity index (χ2n) is 4.74. The number of halogens is 1. The summed E-state index contributed by atoms with van der Waals surface area (Å²) in [4.78, 5) is 11.7. The molecule has 0 aliphatic heterocycles. The molecule has 2 N–H and O–H groups in total. The van der Waals surface area contributed by atoms with E-state index in [1.165, 1.54) is 0 Å². The van der Waals surface area contributed by atoms with Gasteiger partial charge in [-0.05, 0) is 37.1 Å². The first-order chi connectivity index (χ1) is 8.58. The first-order valence-electron chi connectivity index (χ1n) is 6.34. The summed E-state index contributed by atoms with van der Waals surface area (Å²) >= 11 is 3.38. The number of amides is 1. The van der Waals surface area contributed by atoms with Crippen LogP contribution in [0.15, 0.2) is 28.7 Å². The average molecular weight is 313 g/mol. The Morgan fingerprint density at radius 3 is 2.78 bits per heavy atom. The van der Waals surface area contributed by atoms with Gasteiger partial charge in [0.2, 0.25) is 5.91 Å². The van der Waals surface area contributed by atoms with Crippen LogP contribution >= 0.6 is 15.9 Å². The molecule has 0 radical (unpaired) electrons. The van der Waals surface area contributed by atoms with E-state index in [0.29, 0.717) is 12.3 Å². The Kier molecular flexibility index (Phi) is 6.98. The number of carbonyl (C=O) groups excluding carboxylic acids is 1. The van der Waals surface area contributed by atoms with Crippen LogP contribution in [0.2, 0.25) is 0 Å². The first kappa shape index (κ1) is 15.2. The van der Waals surface area contributed by atoms with Crippen molar-refractivity contribution >= 4 is 27.5 Å². The van der Waals surface area contributed by atoms with Crippen LogP contribution < -0.4 is 10.6 Å². The highest BCUT2D eigenvalue weighted by molar-refractivity contribution is 9.10. The van der Waals surface area contributed by atoms with Gasteiger partial charge >= 0.3 is 0 Å². The van der Waals surface area contributed by atoms with Crippen LogP contribution in [0, 0.1) is 5.92 Å². The Bertz CT molecular complexity index is 380. The van der Waals surface area contributed by atoms with Crippen LogP contribution in [0.4, 0.5) is 5.69 Å². The number of carbonyl (C=O) groups is 1. The van der Waals surface area contributed by atoms with Gasteiger partial charge in [-0.15, -0.1) is 0 Å². The second kappa shape index (κ2) is 8.27. The number of hydrogen-bond donors (Lipinski definition) is 2. The van der Waals surface area contributed by atoms with Crippen LogP contribution in [-0.2, 0) is 4.79 Å². The van der Waals surface area contributed by atoms with Crippen molar-refractivity contribution in [1.29, 1.82) is 0 Å². The topological polar surface area (TPSA) is 41.1 Å². The fourth-order valence-electron chi connectivity index (χ4n) is 1.51. The van der Waals surface area contributed by atoms with Crippen molar-refractivity contribution in [1.82, 2.24) is 5.32 Å². The van der Waals surface area contributed by atoms with E-state index in [-0.39, 0.29) is 5.91 Å². The molecule has 4 heteroatoms. The Morgan fingerprint density at radius 2 is 2.11 bits per heavy atom. The highest BCUT2D eigenvalue weighted by atomic mass is 79.9. The van der Waals surface area contributed by atoms with Crippen LogP contribution in [0.1, 0.15) is 26.7 Å². The first-order valence-corrected chi connectivity index (χ1v) is 7.13. The molecule has 0 atom stereocenters. The molecule has 0 saturated carbocycles. The molecule has 1 aromatic rings. The highest BCUT2D eigenvalue weighted by Gasteiger charge is 2.02. The summed E-state index contributed by atoms with van der Waals surface area (Å²) in [5, 5.41) is 6.15. The minimum Gasteiger partial charge on any atom is -0.326 e. The SMILES string of the molecule is CC(C)CCNCCC(=O)Nc1cccc(Br)c1. The molecule has 100 valence electrons. The third kappa shape index (κ3) is 6.77. The van der Waals surface area contributed by atoms with Crippen molar-refractivity contribution < 1.29 is 4.79 Å². The Balaban J connectivity index is 2.18. The molecule has 0 bridgehead atoms. The molecule has 3 nitrogen and oxygen atoms in total. The summed E-state index contributed by atoms with van der Waals surface area (Å²) in [5.41, 5.74) is 0.830. The fourth-order valence-corrected chi connectivity index (χ4v) is 1.91. The molecule has 0 heterocycles. The molecule has 18 heavy (non-hydrogen) atoms. The maximum atomic E-state index is 11.7. The van der Waals surface area contributed by atoms with E-state index >= 15 is 0 Å². The average Bonchev–Trinajstić information content (AvgIpc) is 2.28. The normalized spacial score (nSPS) is 10.7. The summed E-state index contributed by atoms with van der Waals surface area (Å²) in [6, 6.07) is 7.61. The minimum absolute atomic E-state index is 0.0464. The molecule has 0 spiro atoms. The number of anilines is 1. The highest BCUT2D eigenvalue weighted by Crippen LogP contribution is 2.15. The van der Waals surface area contributed by atoms with Crippen LogP contribution in [-0.4, -0.2) is 19.0 Å². The van der Waals surface area contributed by atoms with E-state index in [1.807, 2.05) is 24.3 Å². The zero-order valence-corrected chi connectivity index (χ0v) is 12.6. The maximum absolute atomic E-state index is 11.7. The second-order valence-corrected chi connectivity index (χ2v) is 5.66. The predicted octanol–water partition coefficient (Wildman–Crippen LogP) is 3.41. The molecule has 0 unspecified atom stereocenters. The summed E-state index contributed by atoms with van der Waals surface area (Å²) in [5.74, 6) is 0.748. The summed E-state index contributed by atoms with van der Waals surface area (Å²) in [7, 11) is 0. The molecule has 0 aromatic heterocycles. The lowest BCUT2D eigenvalue weighted by Crippen LogP contribution is -2.23. The number of nitrogens with one attached hydrogen (secondary N) is 2. The van der Waals surface area contributed by atoms with Crippen molar-refractivity contribution in [2.75, 3.05) is 18.4 Å². The molecule has 1 rings (SSSR count). The van der Waals surface area contributed by atoms with Crippen LogP contribution in [0.25, 0.3) is 0 Å². The number of benzene rings is 1. The van der Waals surface area contributed by atoms with E-state index in [1.54, 1.807) is 0 Å². The lowest BCUT2D eigenvalue weighted by Gasteiger charge is -2.08. The van der Waals surface area contributed by atoms with Crippen molar-refractivity contribution in [3.63, 3.8) is 0 Å². The van der Waals surface area contributed by atoms with E-state index < -0.39 is 0 Å². The molecular weight excluding hydrogens is 292 g/mol. The third-order valence-corrected chi connectivity index (χ3v) is 3.03. The molecule has 0 aliphatic carbocycles. The van der Waals surface area contributed by atoms with Crippen molar-refractivity contribution in [3.8, 4) is 0 Å². The monoisotopic (exact) mass is 312 g/mol.